The standard InChI is InChI=1S/C13H16FNO2/c14-11-2-1-3-12(9-11)17-13(16)8-10-4-6-15-7-5-10/h1-3,9-10,15H,4-8H2. The van der Waals surface area contributed by atoms with Gasteiger partial charge >= 0.3 is 5.97 Å². The van der Waals surface area contributed by atoms with Crippen LogP contribution in [0.25, 0.3) is 0 Å². The summed E-state index contributed by atoms with van der Waals surface area (Å²) in [6.45, 7) is 1.91. The molecule has 0 aromatic heterocycles. The quantitative estimate of drug-likeness (QED) is 0.646. The molecule has 0 saturated carbocycles. The number of carbonyl (C=O) groups excluding carboxylic acids is 1. The van der Waals surface area contributed by atoms with E-state index >= 15 is 0 Å². The van der Waals surface area contributed by atoms with Crippen LogP contribution < -0.4 is 10.1 Å². The van der Waals surface area contributed by atoms with Gasteiger partial charge in [0, 0.05) is 12.5 Å². The van der Waals surface area contributed by atoms with Gasteiger partial charge in [-0.3, -0.25) is 4.79 Å². The number of carbonyl (C=O) groups is 1. The maximum Gasteiger partial charge on any atom is 0.311 e. The van der Waals surface area contributed by atoms with Gasteiger partial charge in [0.15, 0.2) is 0 Å². The average Bonchev–Trinajstić information content (AvgIpc) is 2.30. The van der Waals surface area contributed by atoms with Crippen LogP contribution in [-0.2, 0) is 4.79 Å². The largest absolute Gasteiger partial charge is 0.426 e. The zero-order valence-electron chi connectivity index (χ0n) is 9.62. The van der Waals surface area contributed by atoms with E-state index in [2.05, 4.69) is 5.32 Å². The Bertz CT molecular complexity index is 389. The first-order valence-electron chi connectivity index (χ1n) is 5.91. The number of hydrogen-bond acceptors (Lipinski definition) is 3. The summed E-state index contributed by atoms with van der Waals surface area (Å²) in [5.41, 5.74) is 0. The summed E-state index contributed by atoms with van der Waals surface area (Å²) >= 11 is 0. The van der Waals surface area contributed by atoms with E-state index < -0.39 is 5.82 Å². The molecule has 0 radical (unpaired) electrons. The Hall–Kier alpha value is -1.42. The third-order valence-electron chi connectivity index (χ3n) is 2.94. The van der Waals surface area contributed by atoms with Crippen LogP contribution in [0.15, 0.2) is 24.3 Å². The van der Waals surface area contributed by atoms with Crippen molar-refractivity contribution in [2.75, 3.05) is 13.1 Å². The third kappa shape index (κ3) is 3.82. The fraction of sp³-hybridized carbons (Fsp3) is 0.462. The Kier molecular flexibility index (Phi) is 4.09. The molecule has 0 atom stereocenters. The Morgan fingerprint density at radius 1 is 1.41 bits per heavy atom. The molecular weight excluding hydrogens is 221 g/mol. The van der Waals surface area contributed by atoms with Gasteiger partial charge in [0.2, 0.25) is 0 Å². The minimum absolute atomic E-state index is 0.275. The van der Waals surface area contributed by atoms with Gasteiger partial charge in [-0.05, 0) is 44.0 Å². The first-order chi connectivity index (χ1) is 8.24. The molecule has 1 heterocycles. The Labute approximate surface area is 100.0 Å². The second-order valence-corrected chi connectivity index (χ2v) is 4.33. The highest BCUT2D eigenvalue weighted by molar-refractivity contribution is 5.72. The van der Waals surface area contributed by atoms with Crippen molar-refractivity contribution in [3.05, 3.63) is 30.1 Å². The molecule has 0 amide bonds. The molecule has 0 spiro atoms. The van der Waals surface area contributed by atoms with Crippen LogP contribution in [0.1, 0.15) is 19.3 Å². The van der Waals surface area contributed by atoms with Gasteiger partial charge in [-0.15, -0.1) is 0 Å². The lowest BCUT2D eigenvalue weighted by Crippen LogP contribution is -2.29. The van der Waals surface area contributed by atoms with Gasteiger partial charge < -0.3 is 10.1 Å². The first kappa shape index (κ1) is 12.0. The van der Waals surface area contributed by atoms with E-state index in [0.29, 0.717) is 12.3 Å². The third-order valence-corrected chi connectivity index (χ3v) is 2.94. The van der Waals surface area contributed by atoms with E-state index in [0.717, 1.165) is 25.9 Å². The van der Waals surface area contributed by atoms with E-state index in [4.69, 9.17) is 4.74 Å². The fourth-order valence-corrected chi connectivity index (χ4v) is 2.03. The van der Waals surface area contributed by atoms with Crippen LogP contribution in [-0.4, -0.2) is 19.1 Å². The highest BCUT2D eigenvalue weighted by atomic mass is 19.1. The van der Waals surface area contributed by atoms with E-state index in [1.54, 1.807) is 6.07 Å². The molecule has 1 aliphatic rings. The molecule has 4 heteroatoms. The molecule has 1 aliphatic heterocycles. The average molecular weight is 237 g/mol. The lowest BCUT2D eigenvalue weighted by Gasteiger charge is -2.21. The van der Waals surface area contributed by atoms with Gasteiger partial charge in [-0.2, -0.15) is 0 Å². The predicted octanol–water partition coefficient (Wildman–Crippen LogP) is 2.12. The molecule has 0 bridgehead atoms. The van der Waals surface area contributed by atoms with E-state index in [1.165, 1.54) is 18.2 Å². The van der Waals surface area contributed by atoms with Crippen molar-refractivity contribution >= 4 is 5.97 Å². The van der Waals surface area contributed by atoms with E-state index in [-0.39, 0.29) is 11.7 Å². The number of halogens is 1. The highest BCUT2D eigenvalue weighted by Gasteiger charge is 2.18. The fourth-order valence-electron chi connectivity index (χ4n) is 2.03. The molecule has 92 valence electrons. The molecule has 0 unspecified atom stereocenters. The van der Waals surface area contributed by atoms with Crippen LogP contribution in [0, 0.1) is 11.7 Å². The van der Waals surface area contributed by atoms with Gasteiger partial charge in [0.1, 0.15) is 11.6 Å². The van der Waals surface area contributed by atoms with Crippen molar-refractivity contribution in [2.24, 2.45) is 5.92 Å². The van der Waals surface area contributed by atoms with E-state index in [9.17, 15) is 9.18 Å². The normalized spacial score (nSPS) is 16.8. The number of hydrogen-bond donors (Lipinski definition) is 1. The molecule has 1 fully saturated rings. The molecule has 3 nitrogen and oxygen atoms in total. The number of rotatable bonds is 3. The van der Waals surface area contributed by atoms with Crippen LogP contribution in [0.3, 0.4) is 0 Å². The van der Waals surface area contributed by atoms with Crippen molar-refractivity contribution in [3.8, 4) is 5.75 Å². The topological polar surface area (TPSA) is 38.3 Å². The highest BCUT2D eigenvalue weighted by Crippen LogP contribution is 2.18. The molecule has 17 heavy (non-hydrogen) atoms. The molecule has 1 N–H and O–H groups in total. The molecular formula is C13H16FNO2. The second kappa shape index (κ2) is 5.77. The molecule has 0 aliphatic carbocycles. The SMILES string of the molecule is O=C(CC1CCNCC1)Oc1cccc(F)c1. The van der Waals surface area contributed by atoms with Crippen molar-refractivity contribution in [1.29, 1.82) is 0 Å². The maximum absolute atomic E-state index is 12.9. The molecule has 2 rings (SSSR count). The molecule has 1 aromatic rings. The summed E-state index contributed by atoms with van der Waals surface area (Å²) in [6.07, 6.45) is 2.41. The summed E-state index contributed by atoms with van der Waals surface area (Å²) in [7, 11) is 0. The second-order valence-electron chi connectivity index (χ2n) is 4.33. The summed E-state index contributed by atoms with van der Waals surface area (Å²) in [4.78, 5) is 11.6. The molecule has 1 saturated heterocycles. The van der Waals surface area contributed by atoms with Gasteiger partial charge in [0.25, 0.3) is 0 Å². The van der Waals surface area contributed by atoms with Gasteiger partial charge in [-0.1, -0.05) is 6.07 Å². The number of nitrogens with one attached hydrogen (secondary N) is 1. The Morgan fingerprint density at radius 3 is 2.88 bits per heavy atom. The van der Waals surface area contributed by atoms with Gasteiger partial charge in [0.05, 0.1) is 0 Å². The summed E-state index contributed by atoms with van der Waals surface area (Å²) < 4.78 is 18.0. The number of ether oxygens (including phenoxy) is 1. The van der Waals surface area contributed by atoms with Crippen molar-refractivity contribution in [3.63, 3.8) is 0 Å². The van der Waals surface area contributed by atoms with Crippen molar-refractivity contribution < 1.29 is 13.9 Å². The maximum atomic E-state index is 12.9. The van der Waals surface area contributed by atoms with E-state index in [1.807, 2.05) is 0 Å². The van der Waals surface area contributed by atoms with Crippen LogP contribution in [0.4, 0.5) is 4.39 Å². The first-order valence-corrected chi connectivity index (χ1v) is 5.91. The minimum atomic E-state index is -0.392. The Balaban J connectivity index is 1.84. The monoisotopic (exact) mass is 237 g/mol. The van der Waals surface area contributed by atoms with Crippen LogP contribution in [0.2, 0.25) is 0 Å². The smallest absolute Gasteiger partial charge is 0.311 e. The van der Waals surface area contributed by atoms with Crippen LogP contribution in [0.5, 0.6) is 5.75 Å². The lowest BCUT2D eigenvalue weighted by atomic mass is 9.95. The van der Waals surface area contributed by atoms with Gasteiger partial charge in [-0.25, -0.2) is 4.39 Å². The van der Waals surface area contributed by atoms with Crippen molar-refractivity contribution in [1.82, 2.24) is 5.32 Å². The predicted molar refractivity (Wildman–Crippen MR) is 62.2 cm³/mol. The summed E-state index contributed by atoms with van der Waals surface area (Å²) in [5.74, 6) is 0.000843. The number of benzene rings is 1. The zero-order chi connectivity index (χ0) is 12.1. The number of esters is 1. The summed E-state index contributed by atoms with van der Waals surface area (Å²) in [6, 6.07) is 5.66. The Morgan fingerprint density at radius 2 is 2.18 bits per heavy atom. The lowest BCUT2D eigenvalue weighted by molar-refractivity contribution is -0.135. The van der Waals surface area contributed by atoms with Crippen LogP contribution >= 0.6 is 0 Å². The number of piperidine rings is 1. The zero-order valence-corrected chi connectivity index (χ0v) is 9.62. The summed E-state index contributed by atoms with van der Waals surface area (Å²) in [5, 5.41) is 3.24. The molecule has 1 aromatic carbocycles. The van der Waals surface area contributed by atoms with Crippen molar-refractivity contribution in [2.45, 2.75) is 19.3 Å². The minimum Gasteiger partial charge on any atom is -0.426 e.